The molecule has 0 aromatic heterocycles. The molecule has 22 heavy (non-hydrogen) atoms. The van der Waals surface area contributed by atoms with Gasteiger partial charge in [0.1, 0.15) is 0 Å². The van der Waals surface area contributed by atoms with E-state index < -0.39 is 7.82 Å². The van der Waals surface area contributed by atoms with Crippen molar-refractivity contribution < 1.29 is 35.6 Å². The van der Waals surface area contributed by atoms with E-state index in [0.717, 1.165) is 51.4 Å². The number of phosphoric acid groups is 1. The van der Waals surface area contributed by atoms with Crippen LogP contribution in [0.5, 0.6) is 0 Å². The second kappa shape index (κ2) is 15.2. The van der Waals surface area contributed by atoms with Gasteiger partial charge in [-0.15, -0.1) is 0 Å². The third-order valence-electron chi connectivity index (χ3n) is 4.02. The third-order valence-corrected chi connectivity index (χ3v) is 4.95. The molecule has 0 spiro atoms. The molecule has 2 unspecified atom stereocenters. The molecule has 0 radical (unpaired) electrons. The predicted octanol–water partition coefficient (Wildman–Crippen LogP) is 4.92. The first-order valence-electron chi connectivity index (χ1n) is 8.59. The molecule has 0 rings (SSSR count). The molecule has 0 saturated heterocycles. The van der Waals surface area contributed by atoms with Crippen LogP contribution in [0.15, 0.2) is 0 Å². The standard InChI is InChI=1S/C16H35O4P.Cu/c1-5-9-11-15(7-3)13-19-21(17,18)20-14-16(8-4)12-10-6-2;/h15-16H,5-14H2,1-4H3,(H,17,18);/q;+1/p-1. The van der Waals surface area contributed by atoms with Gasteiger partial charge in [0.15, 0.2) is 0 Å². The smallest absolute Gasteiger partial charge is 0.756 e. The summed E-state index contributed by atoms with van der Waals surface area (Å²) in [5.41, 5.74) is 0. The molecular formula is C16H34CuO4P. The van der Waals surface area contributed by atoms with Crippen molar-refractivity contribution in [2.75, 3.05) is 13.2 Å². The molecule has 0 bridgehead atoms. The minimum Gasteiger partial charge on any atom is -0.756 e. The van der Waals surface area contributed by atoms with Gasteiger partial charge in [-0.25, -0.2) is 0 Å². The van der Waals surface area contributed by atoms with Gasteiger partial charge in [0, 0.05) is 0 Å². The van der Waals surface area contributed by atoms with Crippen molar-refractivity contribution in [2.45, 2.75) is 79.1 Å². The first kappa shape index (κ1) is 24.9. The number of unbranched alkanes of at least 4 members (excludes halogenated alkanes) is 2. The molecule has 2 atom stereocenters. The average Bonchev–Trinajstić information content (AvgIpc) is 2.47. The second-order valence-electron chi connectivity index (χ2n) is 5.87. The zero-order valence-electron chi connectivity index (χ0n) is 14.6. The summed E-state index contributed by atoms with van der Waals surface area (Å²) < 4.78 is 21.9. The van der Waals surface area contributed by atoms with Gasteiger partial charge in [0.2, 0.25) is 0 Å². The van der Waals surface area contributed by atoms with Gasteiger partial charge in [-0.3, -0.25) is 4.57 Å². The molecule has 6 heteroatoms. The van der Waals surface area contributed by atoms with Gasteiger partial charge in [0.05, 0.1) is 13.2 Å². The fourth-order valence-electron chi connectivity index (χ4n) is 2.23. The molecule has 0 aliphatic heterocycles. The summed E-state index contributed by atoms with van der Waals surface area (Å²) in [5, 5.41) is 0. The Morgan fingerprint density at radius 1 is 0.864 bits per heavy atom. The van der Waals surface area contributed by atoms with E-state index in [0.29, 0.717) is 11.8 Å². The number of phosphoric ester groups is 1. The monoisotopic (exact) mass is 384 g/mol. The van der Waals surface area contributed by atoms with Crippen LogP contribution in [-0.4, -0.2) is 13.2 Å². The predicted molar refractivity (Wildman–Crippen MR) is 86.1 cm³/mol. The summed E-state index contributed by atoms with van der Waals surface area (Å²) in [6.07, 6.45) is 8.38. The van der Waals surface area contributed by atoms with E-state index in [1.165, 1.54) is 0 Å². The fraction of sp³-hybridized carbons (Fsp3) is 1.00. The molecule has 0 N–H and O–H groups in total. The number of hydrogen-bond acceptors (Lipinski definition) is 4. The van der Waals surface area contributed by atoms with E-state index in [4.69, 9.17) is 9.05 Å². The number of rotatable bonds is 14. The zero-order chi connectivity index (χ0) is 16.1. The van der Waals surface area contributed by atoms with E-state index in [1.54, 1.807) is 0 Å². The van der Waals surface area contributed by atoms with E-state index in [1.807, 2.05) is 0 Å². The maximum absolute atomic E-state index is 11.8. The van der Waals surface area contributed by atoms with Crippen LogP contribution < -0.4 is 4.89 Å². The minimum atomic E-state index is -4.14. The van der Waals surface area contributed by atoms with Gasteiger partial charge in [-0.05, 0) is 24.7 Å². The summed E-state index contributed by atoms with van der Waals surface area (Å²) >= 11 is 0. The summed E-state index contributed by atoms with van der Waals surface area (Å²) in [6, 6.07) is 0. The zero-order valence-corrected chi connectivity index (χ0v) is 16.4. The molecule has 0 heterocycles. The van der Waals surface area contributed by atoms with Crippen LogP contribution in [-0.2, 0) is 30.7 Å². The molecule has 0 aromatic carbocycles. The van der Waals surface area contributed by atoms with Crippen LogP contribution in [0, 0.1) is 11.8 Å². The van der Waals surface area contributed by atoms with Crippen LogP contribution in [0.3, 0.4) is 0 Å². The van der Waals surface area contributed by atoms with Crippen LogP contribution in [0.1, 0.15) is 79.1 Å². The number of hydrogen-bond donors (Lipinski definition) is 0. The normalized spacial score (nSPS) is 16.6. The molecule has 4 nitrogen and oxygen atoms in total. The van der Waals surface area contributed by atoms with Crippen molar-refractivity contribution in [1.82, 2.24) is 0 Å². The summed E-state index contributed by atoms with van der Waals surface area (Å²) in [6.45, 7) is 8.91. The minimum absolute atomic E-state index is 0. The Hall–Kier alpha value is 0.629. The van der Waals surface area contributed by atoms with Gasteiger partial charge in [-0.2, -0.15) is 0 Å². The topological polar surface area (TPSA) is 58.6 Å². The SMILES string of the molecule is CCCCC(CC)COP(=O)([O-])OCC(CC)CCCC.[Cu+]. The van der Waals surface area contributed by atoms with E-state index >= 15 is 0 Å². The summed E-state index contributed by atoms with van der Waals surface area (Å²) in [4.78, 5) is 11.8. The van der Waals surface area contributed by atoms with Crippen LogP contribution in [0.25, 0.3) is 0 Å². The molecule has 0 aromatic rings. The molecule has 0 saturated carbocycles. The summed E-state index contributed by atoms with van der Waals surface area (Å²) in [5.74, 6) is 0.607. The van der Waals surface area contributed by atoms with Crippen molar-refractivity contribution in [2.24, 2.45) is 11.8 Å². The third kappa shape index (κ3) is 13.1. The van der Waals surface area contributed by atoms with E-state index in [-0.39, 0.29) is 30.3 Å². The Bertz CT molecular complexity index is 265. The van der Waals surface area contributed by atoms with Crippen molar-refractivity contribution >= 4 is 7.82 Å². The van der Waals surface area contributed by atoms with Crippen molar-refractivity contribution in [3.8, 4) is 0 Å². The quantitative estimate of drug-likeness (QED) is 0.315. The molecule has 0 fully saturated rings. The van der Waals surface area contributed by atoms with Gasteiger partial charge in [-0.1, -0.05) is 66.2 Å². The van der Waals surface area contributed by atoms with Crippen molar-refractivity contribution in [3.05, 3.63) is 0 Å². The van der Waals surface area contributed by atoms with Crippen molar-refractivity contribution in [3.63, 3.8) is 0 Å². The van der Waals surface area contributed by atoms with E-state index in [2.05, 4.69) is 27.7 Å². The summed E-state index contributed by atoms with van der Waals surface area (Å²) in [7, 11) is -4.14. The Morgan fingerprint density at radius 3 is 1.50 bits per heavy atom. The Labute approximate surface area is 147 Å². The molecule has 0 amide bonds. The molecular weight excluding hydrogens is 351 g/mol. The largest absolute Gasteiger partial charge is 1.00 e. The first-order chi connectivity index (χ1) is 9.99. The maximum atomic E-state index is 11.8. The van der Waals surface area contributed by atoms with Gasteiger partial charge in [0.25, 0.3) is 7.82 Å². The molecule has 0 aliphatic rings. The van der Waals surface area contributed by atoms with Gasteiger partial charge >= 0.3 is 17.1 Å². The first-order valence-corrected chi connectivity index (χ1v) is 10.0. The Balaban J connectivity index is 0. The maximum Gasteiger partial charge on any atom is 1.00 e. The Morgan fingerprint density at radius 2 is 1.23 bits per heavy atom. The van der Waals surface area contributed by atoms with Gasteiger partial charge < -0.3 is 13.9 Å². The molecule has 138 valence electrons. The van der Waals surface area contributed by atoms with Crippen LogP contribution in [0.4, 0.5) is 0 Å². The Kier molecular flexibility index (Phi) is 17.2. The van der Waals surface area contributed by atoms with E-state index in [9.17, 15) is 9.46 Å². The second-order valence-corrected chi connectivity index (χ2v) is 7.28. The van der Waals surface area contributed by atoms with Crippen LogP contribution in [0.2, 0.25) is 0 Å². The molecule has 0 aliphatic carbocycles. The van der Waals surface area contributed by atoms with Crippen LogP contribution >= 0.6 is 7.82 Å². The van der Waals surface area contributed by atoms with Crippen molar-refractivity contribution in [1.29, 1.82) is 0 Å². The average molecular weight is 385 g/mol. The fourth-order valence-corrected chi connectivity index (χ4v) is 3.09.